The third-order valence-corrected chi connectivity index (χ3v) is 3.29. The Kier molecular flexibility index (Phi) is 8.14. The molecule has 1 rings (SSSR count). The fourth-order valence-corrected chi connectivity index (χ4v) is 2.43. The van der Waals surface area contributed by atoms with Crippen LogP contribution in [0.2, 0.25) is 0 Å². The molecule has 0 fully saturated rings. The van der Waals surface area contributed by atoms with Crippen molar-refractivity contribution in [1.82, 2.24) is 0 Å². The van der Waals surface area contributed by atoms with Gasteiger partial charge in [0.05, 0.1) is 0 Å². The van der Waals surface area contributed by atoms with Crippen LogP contribution in [0.25, 0.3) is 0 Å². The summed E-state index contributed by atoms with van der Waals surface area (Å²) in [5.74, 6) is 0.0247. The first kappa shape index (κ1) is 18.3. The third-order valence-electron chi connectivity index (χ3n) is 2.17. The minimum Gasteiger partial charge on any atom is -0.330 e. The number of hydrogen-bond donors (Lipinski definition) is 2. The first-order valence-electron chi connectivity index (χ1n) is 6.20. The fraction of sp³-hybridized carbons (Fsp3) is 0.500. The Hall–Kier alpha value is -0.710. The maximum absolute atomic E-state index is 11.5. The highest BCUT2D eigenvalue weighted by Gasteiger charge is 2.11. The molecule has 0 heterocycles. The Morgan fingerprint density at radius 1 is 1.26 bits per heavy atom. The summed E-state index contributed by atoms with van der Waals surface area (Å²) in [6, 6.07) is 7.95. The summed E-state index contributed by atoms with van der Waals surface area (Å²) in [6.07, 6.45) is 1.21. The van der Waals surface area contributed by atoms with Crippen molar-refractivity contribution in [2.24, 2.45) is 5.73 Å². The highest BCUT2D eigenvalue weighted by molar-refractivity contribution is 8.00. The Morgan fingerprint density at radius 2 is 1.84 bits per heavy atom. The Balaban J connectivity index is 0.00000324. The number of carbonyl (C=O) groups is 1. The van der Waals surface area contributed by atoms with Gasteiger partial charge in [-0.3, -0.25) is 4.79 Å². The number of benzene rings is 1. The number of thioether (sulfide) groups is 1. The molecule has 0 radical (unpaired) electrons. The van der Waals surface area contributed by atoms with Gasteiger partial charge in [-0.1, -0.05) is 20.8 Å². The Morgan fingerprint density at radius 3 is 2.32 bits per heavy atom. The van der Waals surface area contributed by atoms with Crippen molar-refractivity contribution in [2.75, 3.05) is 11.9 Å². The predicted octanol–water partition coefficient (Wildman–Crippen LogP) is 3.68. The molecule has 0 bridgehead atoms. The second-order valence-electron chi connectivity index (χ2n) is 5.18. The van der Waals surface area contributed by atoms with Gasteiger partial charge in [-0.25, -0.2) is 0 Å². The molecule has 19 heavy (non-hydrogen) atoms. The van der Waals surface area contributed by atoms with Crippen LogP contribution in [0.15, 0.2) is 29.2 Å². The van der Waals surface area contributed by atoms with Crippen LogP contribution < -0.4 is 11.1 Å². The molecule has 0 atom stereocenters. The number of nitrogens with one attached hydrogen (secondary N) is 1. The third kappa shape index (κ3) is 8.14. The van der Waals surface area contributed by atoms with Crippen LogP contribution in [0.3, 0.4) is 0 Å². The van der Waals surface area contributed by atoms with Crippen molar-refractivity contribution in [3.8, 4) is 0 Å². The van der Waals surface area contributed by atoms with E-state index in [1.807, 2.05) is 36.0 Å². The van der Waals surface area contributed by atoms with E-state index in [2.05, 4.69) is 26.1 Å². The lowest BCUT2D eigenvalue weighted by atomic mass is 10.2. The smallest absolute Gasteiger partial charge is 0.224 e. The monoisotopic (exact) mass is 302 g/mol. The molecule has 1 aromatic rings. The second-order valence-corrected chi connectivity index (χ2v) is 7.08. The second kappa shape index (κ2) is 8.46. The molecule has 108 valence electrons. The molecular formula is C14H23ClN2OS. The minimum atomic E-state index is 0. The molecule has 0 aliphatic rings. The van der Waals surface area contributed by atoms with Crippen molar-refractivity contribution in [1.29, 1.82) is 0 Å². The molecule has 0 aliphatic carbocycles. The van der Waals surface area contributed by atoms with E-state index in [4.69, 9.17) is 5.73 Å². The van der Waals surface area contributed by atoms with Crippen molar-refractivity contribution in [3.05, 3.63) is 24.3 Å². The number of anilines is 1. The van der Waals surface area contributed by atoms with Crippen LogP contribution in [0.4, 0.5) is 5.69 Å². The first-order chi connectivity index (χ1) is 8.40. The van der Waals surface area contributed by atoms with Gasteiger partial charge in [-0.05, 0) is 37.2 Å². The summed E-state index contributed by atoms with van der Waals surface area (Å²) in [4.78, 5) is 12.7. The molecule has 1 amide bonds. The largest absolute Gasteiger partial charge is 0.330 e. The fourth-order valence-electron chi connectivity index (χ4n) is 1.45. The quantitative estimate of drug-likeness (QED) is 0.816. The Bertz CT molecular complexity index is 387. The molecule has 0 saturated heterocycles. The van der Waals surface area contributed by atoms with E-state index in [9.17, 15) is 4.79 Å². The molecule has 0 aliphatic heterocycles. The van der Waals surface area contributed by atoms with Gasteiger partial charge in [-0.15, -0.1) is 24.2 Å². The summed E-state index contributed by atoms with van der Waals surface area (Å²) in [5.41, 5.74) is 6.21. The summed E-state index contributed by atoms with van der Waals surface area (Å²) in [7, 11) is 0. The molecule has 0 unspecified atom stereocenters. The maximum atomic E-state index is 11.5. The van der Waals surface area contributed by atoms with Crippen molar-refractivity contribution < 1.29 is 4.79 Å². The van der Waals surface area contributed by atoms with Crippen LogP contribution in [0.1, 0.15) is 33.6 Å². The van der Waals surface area contributed by atoms with Gasteiger partial charge in [0.1, 0.15) is 0 Å². The zero-order valence-corrected chi connectivity index (χ0v) is 13.4. The number of halogens is 1. The van der Waals surface area contributed by atoms with Gasteiger partial charge in [0.15, 0.2) is 0 Å². The molecule has 0 spiro atoms. The number of hydrogen-bond acceptors (Lipinski definition) is 3. The van der Waals surface area contributed by atoms with Gasteiger partial charge in [0, 0.05) is 21.8 Å². The molecule has 1 aromatic carbocycles. The highest BCUT2D eigenvalue weighted by atomic mass is 35.5. The average Bonchev–Trinajstić information content (AvgIpc) is 2.27. The zero-order chi connectivity index (χ0) is 13.6. The van der Waals surface area contributed by atoms with E-state index < -0.39 is 0 Å². The van der Waals surface area contributed by atoms with Gasteiger partial charge >= 0.3 is 0 Å². The number of rotatable bonds is 5. The van der Waals surface area contributed by atoms with Crippen LogP contribution in [-0.4, -0.2) is 17.2 Å². The van der Waals surface area contributed by atoms with Crippen LogP contribution in [0, 0.1) is 0 Å². The number of amides is 1. The van der Waals surface area contributed by atoms with Gasteiger partial charge in [-0.2, -0.15) is 0 Å². The molecule has 3 N–H and O–H groups in total. The van der Waals surface area contributed by atoms with Crippen molar-refractivity contribution in [2.45, 2.75) is 43.3 Å². The van der Waals surface area contributed by atoms with Crippen molar-refractivity contribution >= 4 is 35.8 Å². The van der Waals surface area contributed by atoms with Crippen LogP contribution >= 0.6 is 24.2 Å². The average molecular weight is 303 g/mol. The molecular weight excluding hydrogens is 280 g/mol. The maximum Gasteiger partial charge on any atom is 0.224 e. The lowest BCUT2D eigenvalue weighted by Crippen LogP contribution is -2.13. The van der Waals surface area contributed by atoms with E-state index >= 15 is 0 Å². The topological polar surface area (TPSA) is 55.1 Å². The van der Waals surface area contributed by atoms with E-state index in [1.165, 1.54) is 4.90 Å². The van der Waals surface area contributed by atoms with Crippen molar-refractivity contribution in [3.63, 3.8) is 0 Å². The predicted molar refractivity (Wildman–Crippen MR) is 86.2 cm³/mol. The summed E-state index contributed by atoms with van der Waals surface area (Å²) >= 11 is 1.81. The lowest BCUT2D eigenvalue weighted by molar-refractivity contribution is -0.116. The van der Waals surface area contributed by atoms with Gasteiger partial charge in [0.25, 0.3) is 0 Å². The van der Waals surface area contributed by atoms with E-state index in [0.29, 0.717) is 13.0 Å². The van der Waals surface area contributed by atoms with Crippen LogP contribution in [-0.2, 0) is 4.79 Å². The SMILES string of the molecule is CC(C)(C)Sc1ccc(NC(=O)CCCN)cc1.Cl. The summed E-state index contributed by atoms with van der Waals surface area (Å²) in [5, 5.41) is 2.86. The summed E-state index contributed by atoms with van der Waals surface area (Å²) in [6.45, 7) is 7.09. The van der Waals surface area contributed by atoms with E-state index in [1.54, 1.807) is 0 Å². The number of nitrogens with two attached hydrogens (primary N) is 1. The normalized spacial score (nSPS) is 10.7. The van der Waals surface area contributed by atoms with Gasteiger partial charge in [0.2, 0.25) is 5.91 Å². The zero-order valence-electron chi connectivity index (χ0n) is 11.7. The van der Waals surface area contributed by atoms with Gasteiger partial charge < -0.3 is 11.1 Å². The highest BCUT2D eigenvalue weighted by Crippen LogP contribution is 2.32. The summed E-state index contributed by atoms with van der Waals surface area (Å²) < 4.78 is 0.200. The van der Waals surface area contributed by atoms with E-state index in [0.717, 1.165) is 12.1 Å². The minimum absolute atomic E-state index is 0. The standard InChI is InChI=1S/C14H22N2OS.ClH/c1-14(2,3)18-12-8-6-11(7-9-12)16-13(17)5-4-10-15;/h6-9H,4-5,10,15H2,1-3H3,(H,16,17);1H. The molecule has 0 aromatic heterocycles. The number of carbonyl (C=O) groups excluding carboxylic acids is 1. The van der Waals surface area contributed by atoms with E-state index in [-0.39, 0.29) is 23.1 Å². The first-order valence-corrected chi connectivity index (χ1v) is 7.01. The molecule has 3 nitrogen and oxygen atoms in total. The molecule has 5 heteroatoms. The lowest BCUT2D eigenvalue weighted by Gasteiger charge is -2.17. The Labute approximate surface area is 126 Å². The van der Waals surface area contributed by atoms with Crippen LogP contribution in [0.5, 0.6) is 0 Å². The molecule has 0 saturated carbocycles.